The molecule has 1 aliphatic rings. The Morgan fingerprint density at radius 2 is 0.561 bits per heavy atom. The third-order valence-electron chi connectivity index (χ3n) is 10.8. The van der Waals surface area contributed by atoms with E-state index in [1.54, 1.807) is 0 Å². The van der Waals surface area contributed by atoms with E-state index in [0.29, 0.717) is 20.9 Å². The molecule has 1 heterocycles. The Balaban J connectivity index is 2.44. The van der Waals surface area contributed by atoms with E-state index >= 15 is 17.6 Å². The number of anilines is 2. The molecule has 0 aliphatic carbocycles. The first-order chi connectivity index (χ1) is 29.0. The zero-order valence-corrected chi connectivity index (χ0v) is 34.4. The second-order valence-corrected chi connectivity index (χ2v) is 15.8. The summed E-state index contributed by atoms with van der Waals surface area (Å²) >= 11 is 0. The number of allylic oxidation sites excluding steroid dienone is 2. The minimum absolute atomic E-state index is 0.0115. The third-order valence-corrected chi connectivity index (χ3v) is 10.8. The van der Waals surface area contributed by atoms with Crippen molar-refractivity contribution < 1.29 is 114 Å². The minimum Gasteiger partial charge on any atom is -0.322 e. The van der Waals surface area contributed by atoms with Crippen LogP contribution in [-0.4, -0.2) is 77.7 Å². The van der Waals surface area contributed by atoms with Crippen LogP contribution in [0.5, 0.6) is 0 Å². The largest absolute Gasteiger partial charge is 0.460 e. The van der Waals surface area contributed by atoms with Crippen LogP contribution in [-0.2, 0) is 0 Å². The highest BCUT2D eigenvalue weighted by atomic mass is 19.4. The Labute approximate surface area is 356 Å². The lowest BCUT2D eigenvalue weighted by molar-refractivity contribution is -0.440. The van der Waals surface area contributed by atoms with Gasteiger partial charge in [0.25, 0.3) is 0 Å². The molecule has 0 aromatic heterocycles. The molecule has 0 atom stereocenters. The lowest BCUT2D eigenvalue weighted by Gasteiger charge is -2.40. The van der Waals surface area contributed by atoms with Crippen molar-refractivity contribution in [2.45, 2.75) is 152 Å². The quantitative estimate of drug-likeness (QED) is 0.155. The Hall–Kier alpha value is -4.04. The highest BCUT2D eigenvalue weighted by Crippen LogP contribution is 2.63. The molecule has 0 N–H and O–H groups in total. The molecular formula is C38H34F26N2. The van der Waals surface area contributed by atoms with Crippen LogP contribution in [0.15, 0.2) is 35.7 Å². The molecule has 0 spiro atoms. The summed E-state index contributed by atoms with van der Waals surface area (Å²) in [6.07, 6.45) is -27.7. The van der Waals surface area contributed by atoms with E-state index in [2.05, 4.69) is 0 Å². The number of hydrogen-bond donors (Lipinski definition) is 0. The molecule has 1 aliphatic heterocycles. The molecule has 0 radical (unpaired) electrons. The number of alkyl halides is 26. The molecular weight excluding hydrogens is 978 g/mol. The van der Waals surface area contributed by atoms with Crippen molar-refractivity contribution in [1.29, 1.82) is 0 Å². The topological polar surface area (TPSA) is 6.48 Å². The van der Waals surface area contributed by atoms with Gasteiger partial charge in [-0.25, -0.2) is 0 Å². The smallest absolute Gasteiger partial charge is 0.322 e. The fraction of sp³-hybridized carbons (Fsp3) is 0.632. The molecule has 3 rings (SSSR count). The highest BCUT2D eigenvalue weighted by molar-refractivity contribution is 5.74. The van der Waals surface area contributed by atoms with Crippen molar-refractivity contribution in [3.05, 3.63) is 69.0 Å². The number of rotatable bonds is 16. The number of hydrogen-bond acceptors (Lipinski definition) is 2. The molecule has 0 saturated carbocycles. The number of benzene rings is 2. The van der Waals surface area contributed by atoms with E-state index in [0.717, 1.165) is 6.92 Å². The SMILES string of the molecule is Cc1cc(C)c(N2C(CCC(F)(F)C(F)(F)C(F)(F)C(F)(F)C(F)(F)C(F)(F)F)=C(CCC(F)(F)C(F)(F)C(F)(F)C(F)(F)C(F)(F)C(F)(F)F)N(c3c(C)cc(C)cc3C)C2C)c(C)c1. The minimum atomic E-state index is -8.35. The average Bonchev–Trinajstić information content (AvgIpc) is 3.37. The molecule has 0 amide bonds. The van der Waals surface area contributed by atoms with Crippen LogP contribution in [0.4, 0.5) is 126 Å². The van der Waals surface area contributed by atoms with Crippen molar-refractivity contribution in [2.75, 3.05) is 9.80 Å². The second-order valence-electron chi connectivity index (χ2n) is 15.8. The second kappa shape index (κ2) is 16.6. The first kappa shape index (κ1) is 56.3. The van der Waals surface area contributed by atoms with Crippen molar-refractivity contribution in [3.63, 3.8) is 0 Å². The lowest BCUT2D eigenvalue weighted by atomic mass is 9.90. The number of aryl methyl sites for hydroxylation is 6. The standard InChI is InChI=1S/C38H34F26N2/c1-16-12-18(3)25(19(4)13-16)65-22(7)66(26-20(5)14-17(2)15-21(26)6)24(9-11-28(41,42)30(45,46)32(49,50)34(53,54)36(57,58)38(62,63)64)23(65)8-10-27(39,40)29(43,44)31(47,48)33(51,52)35(55,56)37(59,60)61/h12-15,22H,8-11H2,1-7H3. The monoisotopic (exact) mass is 1010 g/mol. The molecule has 66 heavy (non-hydrogen) atoms. The summed E-state index contributed by atoms with van der Waals surface area (Å²) in [5.41, 5.74) is -2.21. The average molecular weight is 1010 g/mol. The zero-order valence-electron chi connectivity index (χ0n) is 34.4. The molecule has 0 unspecified atom stereocenters. The Morgan fingerprint density at radius 3 is 0.773 bits per heavy atom. The van der Waals surface area contributed by atoms with E-state index < -0.39 is 115 Å². The van der Waals surface area contributed by atoms with Crippen LogP contribution < -0.4 is 9.80 Å². The van der Waals surface area contributed by atoms with Gasteiger partial charge in [-0.05, 0) is 83.6 Å². The van der Waals surface area contributed by atoms with E-state index in [1.807, 2.05) is 0 Å². The summed E-state index contributed by atoms with van der Waals surface area (Å²) in [5.74, 6) is -79.1. The Kier molecular flexibility index (Phi) is 14.1. The van der Waals surface area contributed by atoms with Crippen LogP contribution in [0, 0.1) is 41.5 Å². The van der Waals surface area contributed by atoms with Crippen molar-refractivity contribution >= 4 is 11.4 Å². The molecule has 378 valence electrons. The van der Waals surface area contributed by atoms with Gasteiger partial charge in [0, 0.05) is 35.6 Å². The summed E-state index contributed by atoms with van der Waals surface area (Å²) in [4.78, 5) is 1.42. The molecule has 2 aromatic rings. The summed E-state index contributed by atoms with van der Waals surface area (Å²) in [6.45, 7) is 8.80. The Bertz CT molecular complexity index is 1970. The van der Waals surface area contributed by atoms with Gasteiger partial charge in [-0.15, -0.1) is 0 Å². The fourth-order valence-electron chi connectivity index (χ4n) is 7.59. The lowest BCUT2D eigenvalue weighted by Crippen LogP contribution is -2.70. The van der Waals surface area contributed by atoms with Crippen LogP contribution in [0.3, 0.4) is 0 Å². The van der Waals surface area contributed by atoms with E-state index in [4.69, 9.17) is 0 Å². The summed E-state index contributed by atoms with van der Waals surface area (Å²) in [5, 5.41) is 0. The third kappa shape index (κ3) is 8.35. The van der Waals surface area contributed by atoms with Gasteiger partial charge < -0.3 is 9.80 Å². The molecule has 0 saturated heterocycles. The number of halogens is 26. The van der Waals surface area contributed by atoms with Gasteiger partial charge in [0.2, 0.25) is 0 Å². The molecule has 2 aromatic carbocycles. The normalized spacial score (nSPS) is 16.6. The first-order valence-electron chi connectivity index (χ1n) is 18.4. The van der Waals surface area contributed by atoms with Crippen LogP contribution in [0.25, 0.3) is 0 Å². The van der Waals surface area contributed by atoms with Crippen LogP contribution in [0.1, 0.15) is 66.0 Å². The molecule has 0 fully saturated rings. The maximum absolute atomic E-state index is 15.4. The fourth-order valence-corrected chi connectivity index (χ4v) is 7.59. The summed E-state index contributed by atoms with van der Waals surface area (Å²) < 4.78 is 367. The predicted molar refractivity (Wildman–Crippen MR) is 183 cm³/mol. The van der Waals surface area contributed by atoms with Crippen molar-refractivity contribution in [2.24, 2.45) is 0 Å². The molecule has 28 heteroatoms. The van der Waals surface area contributed by atoms with Crippen molar-refractivity contribution in [1.82, 2.24) is 0 Å². The highest BCUT2D eigenvalue weighted by Gasteiger charge is 2.92. The number of nitrogens with zero attached hydrogens (tertiary/aromatic N) is 2. The van der Waals surface area contributed by atoms with Gasteiger partial charge in [0.05, 0.1) is 0 Å². The van der Waals surface area contributed by atoms with Crippen LogP contribution >= 0.6 is 0 Å². The van der Waals surface area contributed by atoms with E-state index in [9.17, 15) is 96.6 Å². The van der Waals surface area contributed by atoms with Gasteiger partial charge in [-0.2, -0.15) is 114 Å². The Morgan fingerprint density at radius 1 is 0.348 bits per heavy atom. The first-order valence-corrected chi connectivity index (χ1v) is 18.4. The predicted octanol–water partition coefficient (Wildman–Crippen LogP) is 15.5. The summed E-state index contributed by atoms with van der Waals surface area (Å²) in [6, 6.07) is 5.16. The molecule has 0 bridgehead atoms. The van der Waals surface area contributed by atoms with E-state index in [1.165, 1.54) is 65.8 Å². The maximum atomic E-state index is 15.4. The van der Waals surface area contributed by atoms with Gasteiger partial charge >= 0.3 is 71.6 Å². The van der Waals surface area contributed by atoms with Gasteiger partial charge in [0.1, 0.15) is 6.17 Å². The van der Waals surface area contributed by atoms with Gasteiger partial charge in [-0.1, -0.05) is 35.4 Å². The van der Waals surface area contributed by atoms with Gasteiger partial charge in [-0.3, -0.25) is 0 Å². The van der Waals surface area contributed by atoms with Crippen LogP contribution in [0.2, 0.25) is 0 Å². The summed E-state index contributed by atoms with van der Waals surface area (Å²) in [7, 11) is 0. The molecule has 2 nitrogen and oxygen atoms in total. The van der Waals surface area contributed by atoms with Crippen molar-refractivity contribution in [3.8, 4) is 0 Å². The zero-order chi connectivity index (χ0) is 52.2. The van der Waals surface area contributed by atoms with Gasteiger partial charge in [0.15, 0.2) is 0 Å². The maximum Gasteiger partial charge on any atom is 0.460 e. The van der Waals surface area contributed by atoms with E-state index in [-0.39, 0.29) is 33.6 Å².